The van der Waals surface area contributed by atoms with E-state index in [1.165, 1.54) is 11.1 Å². The molecule has 4 rings (SSSR count). The van der Waals surface area contributed by atoms with Crippen molar-refractivity contribution in [1.82, 2.24) is 19.3 Å². The maximum absolute atomic E-state index is 13.2. The predicted octanol–water partition coefficient (Wildman–Crippen LogP) is 5.55. The second-order valence-corrected chi connectivity index (χ2v) is 9.03. The van der Waals surface area contributed by atoms with Crippen LogP contribution in [-0.4, -0.2) is 19.3 Å². The third-order valence-corrected chi connectivity index (χ3v) is 6.92. The third kappa shape index (κ3) is 4.70. The summed E-state index contributed by atoms with van der Waals surface area (Å²) < 4.78 is 3.72. The minimum atomic E-state index is 0.00347. The monoisotopic (exact) mass is 452 g/mol. The first-order valence-electron chi connectivity index (χ1n) is 10.3. The van der Waals surface area contributed by atoms with Crippen LogP contribution in [-0.2, 0) is 18.8 Å². The van der Waals surface area contributed by atoms with Crippen LogP contribution < -0.4 is 5.56 Å². The molecule has 4 aromatic rings. The number of nitrogens with zero attached hydrogens (tertiary/aromatic N) is 4. The zero-order valence-electron chi connectivity index (χ0n) is 17.9. The molecule has 31 heavy (non-hydrogen) atoms. The van der Waals surface area contributed by atoms with E-state index in [9.17, 15) is 4.79 Å². The molecular formula is C24H25ClN4OS. The molecule has 0 bridgehead atoms. The lowest BCUT2D eigenvalue weighted by molar-refractivity contribution is 0.487. The molecule has 0 atom stereocenters. The Morgan fingerprint density at radius 2 is 1.84 bits per heavy atom. The Kier molecular flexibility index (Phi) is 6.49. The predicted molar refractivity (Wildman–Crippen MR) is 128 cm³/mol. The molecule has 0 spiro atoms. The Bertz CT molecular complexity index is 1290. The molecule has 0 saturated carbocycles. The van der Waals surface area contributed by atoms with Gasteiger partial charge in [0.05, 0.1) is 27.3 Å². The second kappa shape index (κ2) is 9.28. The van der Waals surface area contributed by atoms with Crippen LogP contribution in [0.15, 0.2) is 58.5 Å². The quantitative estimate of drug-likeness (QED) is 0.272. The Morgan fingerprint density at radius 1 is 1.03 bits per heavy atom. The maximum atomic E-state index is 13.2. The standard InChI is InChI=1S/C24H25ClN4OS/c1-16-8-6-9-19(14-16)15-31-24-26-21-11-5-4-10-20(21)23(30)28(24)12-7-13-29-18(3)22(25)17(2)27-29/h4-6,8-11,14H,7,12-13,15H2,1-3H3. The van der Waals surface area contributed by atoms with E-state index in [1.54, 1.807) is 16.3 Å². The summed E-state index contributed by atoms with van der Waals surface area (Å²) in [5.41, 5.74) is 4.97. The van der Waals surface area contributed by atoms with Gasteiger partial charge in [-0.3, -0.25) is 14.0 Å². The highest BCUT2D eigenvalue weighted by atomic mass is 35.5. The average molecular weight is 453 g/mol. The normalized spacial score (nSPS) is 11.4. The number of halogens is 1. The van der Waals surface area contributed by atoms with Gasteiger partial charge >= 0.3 is 0 Å². The van der Waals surface area contributed by atoms with Gasteiger partial charge in [-0.1, -0.05) is 65.3 Å². The molecule has 5 nitrogen and oxygen atoms in total. The maximum Gasteiger partial charge on any atom is 0.262 e. The Labute approximate surface area is 191 Å². The summed E-state index contributed by atoms with van der Waals surface area (Å²) in [4.78, 5) is 18.1. The molecule has 160 valence electrons. The van der Waals surface area contributed by atoms with Crippen molar-refractivity contribution in [3.05, 3.63) is 86.4 Å². The fourth-order valence-corrected chi connectivity index (χ4v) is 4.78. The van der Waals surface area contributed by atoms with Crippen molar-refractivity contribution in [3.8, 4) is 0 Å². The van der Waals surface area contributed by atoms with Crippen molar-refractivity contribution in [2.75, 3.05) is 0 Å². The highest BCUT2D eigenvalue weighted by Gasteiger charge is 2.13. The number of benzene rings is 2. The summed E-state index contributed by atoms with van der Waals surface area (Å²) in [5.74, 6) is 0.763. The van der Waals surface area contributed by atoms with Crippen LogP contribution >= 0.6 is 23.4 Å². The Balaban J connectivity index is 1.60. The van der Waals surface area contributed by atoms with E-state index in [4.69, 9.17) is 16.6 Å². The van der Waals surface area contributed by atoms with Gasteiger partial charge in [-0.05, 0) is 44.9 Å². The zero-order chi connectivity index (χ0) is 22.0. The number of aromatic nitrogens is 4. The molecule has 0 aliphatic carbocycles. The fraction of sp³-hybridized carbons (Fsp3) is 0.292. The first-order valence-corrected chi connectivity index (χ1v) is 11.7. The average Bonchev–Trinajstić information content (AvgIpc) is 3.01. The lowest BCUT2D eigenvalue weighted by Gasteiger charge is -2.14. The van der Waals surface area contributed by atoms with E-state index in [0.29, 0.717) is 23.5 Å². The summed E-state index contributed by atoms with van der Waals surface area (Å²) >= 11 is 7.87. The minimum Gasteiger partial charge on any atom is -0.287 e. The Hall–Kier alpha value is -2.57. The number of hydrogen-bond donors (Lipinski definition) is 0. The van der Waals surface area contributed by atoms with Gasteiger partial charge in [-0.25, -0.2) is 4.98 Å². The summed E-state index contributed by atoms with van der Waals surface area (Å²) in [6.07, 6.45) is 0.760. The van der Waals surface area contributed by atoms with Gasteiger partial charge in [-0.15, -0.1) is 0 Å². The van der Waals surface area contributed by atoms with Crippen molar-refractivity contribution >= 4 is 34.3 Å². The van der Waals surface area contributed by atoms with Crippen molar-refractivity contribution in [1.29, 1.82) is 0 Å². The summed E-state index contributed by atoms with van der Waals surface area (Å²) in [7, 11) is 0. The molecule has 0 fully saturated rings. The lowest BCUT2D eigenvalue weighted by atomic mass is 10.2. The van der Waals surface area contributed by atoms with Crippen LogP contribution in [0.2, 0.25) is 5.02 Å². The molecular weight excluding hydrogens is 428 g/mol. The van der Waals surface area contributed by atoms with E-state index in [0.717, 1.165) is 34.2 Å². The molecule has 0 aliphatic rings. The molecule has 0 radical (unpaired) electrons. The van der Waals surface area contributed by atoms with Crippen LogP contribution in [0.5, 0.6) is 0 Å². The lowest BCUT2D eigenvalue weighted by Crippen LogP contribution is -2.24. The van der Waals surface area contributed by atoms with Gasteiger partial charge in [0.15, 0.2) is 5.16 Å². The summed E-state index contributed by atoms with van der Waals surface area (Å²) in [5, 5.41) is 6.60. The highest BCUT2D eigenvalue weighted by Crippen LogP contribution is 2.23. The molecule has 2 heterocycles. The van der Waals surface area contributed by atoms with Crippen LogP contribution in [0.3, 0.4) is 0 Å². The smallest absolute Gasteiger partial charge is 0.262 e. The van der Waals surface area contributed by atoms with Crippen LogP contribution in [0.25, 0.3) is 10.9 Å². The van der Waals surface area contributed by atoms with Gasteiger partial charge in [0.2, 0.25) is 0 Å². The SMILES string of the molecule is Cc1cccc(CSc2nc3ccccc3c(=O)n2CCCn2nc(C)c(Cl)c2C)c1. The van der Waals surface area contributed by atoms with E-state index in [2.05, 4.69) is 36.3 Å². The fourth-order valence-electron chi connectivity index (χ4n) is 3.68. The molecule has 2 aromatic heterocycles. The van der Waals surface area contributed by atoms with Crippen molar-refractivity contribution in [2.45, 2.75) is 51.2 Å². The zero-order valence-corrected chi connectivity index (χ0v) is 19.5. The number of thioether (sulfide) groups is 1. The van der Waals surface area contributed by atoms with Crippen LogP contribution in [0.4, 0.5) is 0 Å². The number of rotatable bonds is 7. The summed E-state index contributed by atoms with van der Waals surface area (Å²) in [6.45, 7) is 7.23. The number of fused-ring (bicyclic) bond motifs is 1. The Morgan fingerprint density at radius 3 is 2.58 bits per heavy atom. The van der Waals surface area contributed by atoms with Gasteiger partial charge in [0, 0.05) is 18.8 Å². The first kappa shape index (κ1) is 21.7. The largest absolute Gasteiger partial charge is 0.287 e. The molecule has 0 unspecified atom stereocenters. The van der Waals surface area contributed by atoms with Crippen molar-refractivity contribution < 1.29 is 0 Å². The van der Waals surface area contributed by atoms with E-state index in [1.807, 2.05) is 42.8 Å². The minimum absolute atomic E-state index is 0.00347. The number of para-hydroxylation sites is 1. The third-order valence-electron chi connectivity index (χ3n) is 5.32. The highest BCUT2D eigenvalue weighted by molar-refractivity contribution is 7.98. The van der Waals surface area contributed by atoms with Crippen LogP contribution in [0.1, 0.15) is 28.9 Å². The van der Waals surface area contributed by atoms with Gasteiger partial charge in [-0.2, -0.15) is 5.10 Å². The van der Waals surface area contributed by atoms with E-state index >= 15 is 0 Å². The van der Waals surface area contributed by atoms with Crippen molar-refractivity contribution in [2.24, 2.45) is 0 Å². The molecule has 7 heteroatoms. The number of aryl methyl sites for hydroxylation is 3. The molecule has 0 N–H and O–H groups in total. The first-order chi connectivity index (χ1) is 14.9. The van der Waals surface area contributed by atoms with E-state index in [-0.39, 0.29) is 5.56 Å². The molecule has 0 amide bonds. The second-order valence-electron chi connectivity index (χ2n) is 7.71. The van der Waals surface area contributed by atoms with E-state index < -0.39 is 0 Å². The van der Waals surface area contributed by atoms with Gasteiger partial charge < -0.3 is 0 Å². The number of hydrogen-bond acceptors (Lipinski definition) is 4. The van der Waals surface area contributed by atoms with Gasteiger partial charge in [0.1, 0.15) is 0 Å². The molecule has 0 aliphatic heterocycles. The topological polar surface area (TPSA) is 52.7 Å². The molecule has 2 aromatic carbocycles. The van der Waals surface area contributed by atoms with Crippen molar-refractivity contribution in [3.63, 3.8) is 0 Å². The summed E-state index contributed by atoms with van der Waals surface area (Å²) in [6, 6.07) is 16.0. The van der Waals surface area contributed by atoms with Gasteiger partial charge in [0.25, 0.3) is 5.56 Å². The van der Waals surface area contributed by atoms with Crippen LogP contribution in [0, 0.1) is 20.8 Å². The molecule has 0 saturated heterocycles.